The molecular formula is C45H53N3O11S. The van der Waals surface area contributed by atoms with E-state index in [1.54, 1.807) is 83.2 Å². The normalized spacial score (nSPS) is 15.9. The summed E-state index contributed by atoms with van der Waals surface area (Å²) in [4.78, 5) is 53.2. The maximum atomic E-state index is 12.7. The summed E-state index contributed by atoms with van der Waals surface area (Å²) in [5, 5.41) is 15.4. The van der Waals surface area contributed by atoms with E-state index in [-0.39, 0.29) is 6.61 Å². The van der Waals surface area contributed by atoms with Crippen LogP contribution in [0.15, 0.2) is 77.5 Å². The van der Waals surface area contributed by atoms with Crippen LogP contribution in [0, 0.1) is 5.21 Å². The fourth-order valence-electron chi connectivity index (χ4n) is 6.66. The monoisotopic (exact) mass is 843 g/mol. The first-order valence-corrected chi connectivity index (χ1v) is 20.4. The summed E-state index contributed by atoms with van der Waals surface area (Å²) < 4.78 is 33.2. The molecule has 3 aromatic carbocycles. The van der Waals surface area contributed by atoms with Crippen LogP contribution in [0.5, 0.6) is 11.5 Å². The number of rotatable bonds is 9. The van der Waals surface area contributed by atoms with E-state index < -0.39 is 47.4 Å². The van der Waals surface area contributed by atoms with Gasteiger partial charge in [-0.1, -0.05) is 24.3 Å². The topological polar surface area (TPSA) is 156 Å². The molecule has 2 atom stereocenters. The lowest BCUT2D eigenvalue weighted by atomic mass is 9.92. The molecule has 14 nitrogen and oxygen atoms in total. The molecular weight excluding hydrogens is 791 g/mol. The number of ether oxygens (including phenoxy) is 6. The third kappa shape index (κ3) is 11.8. The number of hydrogen-bond donors (Lipinski definition) is 0. The van der Waals surface area contributed by atoms with Crippen molar-refractivity contribution in [3.63, 3.8) is 0 Å². The van der Waals surface area contributed by atoms with Gasteiger partial charge in [-0.25, -0.2) is 19.2 Å². The zero-order valence-corrected chi connectivity index (χ0v) is 36.2. The highest BCUT2D eigenvalue weighted by molar-refractivity contribution is 7.07. The van der Waals surface area contributed by atoms with Crippen molar-refractivity contribution in [1.29, 1.82) is 0 Å². The van der Waals surface area contributed by atoms with Gasteiger partial charge in [-0.3, -0.25) is 9.80 Å². The summed E-state index contributed by atoms with van der Waals surface area (Å²) in [6.07, 6.45) is 0.0713. The molecule has 0 saturated carbocycles. The zero-order chi connectivity index (χ0) is 43.8. The van der Waals surface area contributed by atoms with E-state index in [0.29, 0.717) is 54.3 Å². The molecule has 0 saturated heterocycles. The van der Waals surface area contributed by atoms with Gasteiger partial charge in [-0.05, 0) is 129 Å². The number of fused-ring (bicyclic) bond motifs is 2. The molecule has 2 aliphatic rings. The molecule has 4 aromatic rings. The van der Waals surface area contributed by atoms with E-state index in [2.05, 4.69) is 6.72 Å². The smallest absolute Gasteiger partial charge is 0.411 e. The zero-order valence-electron chi connectivity index (χ0n) is 35.4. The van der Waals surface area contributed by atoms with Crippen LogP contribution >= 0.6 is 11.3 Å². The molecule has 60 heavy (non-hydrogen) atoms. The van der Waals surface area contributed by atoms with E-state index in [0.717, 1.165) is 33.6 Å². The molecule has 0 N–H and O–H groups in total. The van der Waals surface area contributed by atoms with Gasteiger partial charge in [0.1, 0.15) is 42.6 Å². The van der Waals surface area contributed by atoms with Crippen LogP contribution in [0.2, 0.25) is 0 Å². The van der Waals surface area contributed by atoms with Crippen molar-refractivity contribution in [3.8, 4) is 11.5 Å². The third-order valence-electron chi connectivity index (χ3n) is 9.38. The molecule has 0 unspecified atom stereocenters. The van der Waals surface area contributed by atoms with Crippen molar-refractivity contribution in [2.75, 3.05) is 27.3 Å². The molecule has 0 bridgehead atoms. The van der Waals surface area contributed by atoms with Gasteiger partial charge in [0.15, 0.2) is 12.1 Å². The second kappa shape index (κ2) is 19.3. The predicted octanol–water partition coefficient (Wildman–Crippen LogP) is 8.45. The van der Waals surface area contributed by atoms with Gasteiger partial charge in [-0.15, -0.1) is 0 Å². The fraction of sp³-hybridized carbons (Fsp3) is 0.400. The predicted molar refractivity (Wildman–Crippen MR) is 226 cm³/mol. The quantitative estimate of drug-likeness (QED) is 0.0398. The number of esters is 2. The number of methoxy groups -OCH3 is 2. The lowest BCUT2D eigenvalue weighted by Gasteiger charge is -2.36. The van der Waals surface area contributed by atoms with Gasteiger partial charge in [0.25, 0.3) is 0 Å². The van der Waals surface area contributed by atoms with Gasteiger partial charge in [0, 0.05) is 25.2 Å². The maximum absolute atomic E-state index is 12.7. The van der Waals surface area contributed by atoms with Gasteiger partial charge in [-0.2, -0.15) is 16.1 Å². The summed E-state index contributed by atoms with van der Waals surface area (Å²) in [7, 11) is 2.62. The van der Waals surface area contributed by atoms with Gasteiger partial charge in [0.05, 0.1) is 14.2 Å². The fourth-order valence-corrected chi connectivity index (χ4v) is 7.32. The van der Waals surface area contributed by atoms with Crippen molar-refractivity contribution in [3.05, 3.63) is 116 Å². The highest BCUT2D eigenvalue weighted by Crippen LogP contribution is 2.36. The molecule has 2 aliphatic heterocycles. The first-order valence-electron chi connectivity index (χ1n) is 19.4. The highest BCUT2D eigenvalue weighted by atomic mass is 32.1. The largest absolute Gasteiger partial charge is 0.619 e. The number of carbonyl (C=O) groups excluding carboxylic acids is 4. The summed E-state index contributed by atoms with van der Waals surface area (Å²) in [5.74, 6) is 0.341. The van der Waals surface area contributed by atoms with Crippen LogP contribution in [0.25, 0.3) is 0 Å². The molecule has 0 aliphatic carbocycles. The molecule has 1 aromatic heterocycles. The lowest BCUT2D eigenvalue weighted by Crippen LogP contribution is -2.46. The molecule has 320 valence electrons. The summed E-state index contributed by atoms with van der Waals surface area (Å²) >= 11 is 1.63. The number of hydrogen-bond acceptors (Lipinski definition) is 12. The van der Waals surface area contributed by atoms with Crippen molar-refractivity contribution in [2.45, 2.75) is 90.9 Å². The highest BCUT2D eigenvalue weighted by Gasteiger charge is 2.40. The molecule has 15 heteroatoms. The van der Waals surface area contributed by atoms with Crippen molar-refractivity contribution in [1.82, 2.24) is 9.80 Å². The molecule has 0 radical (unpaired) electrons. The van der Waals surface area contributed by atoms with Crippen molar-refractivity contribution >= 4 is 47.9 Å². The minimum Gasteiger partial charge on any atom is -0.619 e. The standard InChI is InChI=1S/C24H28N2O6.C21H25NO5S/c1-24(2,3)32-23(28)26-12-11-17-14-19(9-10-20(17)21(26)22(27)30-5)31-15-16-7-6-8-18(13-16)25(4)29;1-21(2,3)27-20(24)22-9-7-15-11-16(26-12-14-8-10-28-13-14)5-6-17(15)18(22)19(23)25-4/h6-10,13-14,21H,4,11-12,15H2,1-3,5H3;5-6,8,10-11,13,18H,7,9,12H2,1-4H3/t21-;18-/m11/s1. The number of nitrogens with zero attached hydrogens (tertiary/aromatic N) is 3. The Morgan fingerprint density at radius 1 is 0.717 bits per heavy atom. The number of carbonyl (C=O) groups is 4. The minimum atomic E-state index is -0.885. The second-order valence-electron chi connectivity index (χ2n) is 16.2. The average Bonchev–Trinajstić information content (AvgIpc) is 3.73. The molecule has 0 spiro atoms. The van der Waals surface area contributed by atoms with Crippen LogP contribution in [0.1, 0.15) is 87.0 Å². The van der Waals surface area contributed by atoms with Crippen LogP contribution in [0.3, 0.4) is 0 Å². The maximum Gasteiger partial charge on any atom is 0.411 e. The average molecular weight is 844 g/mol. The Balaban J connectivity index is 0.000000230. The van der Waals surface area contributed by atoms with Gasteiger partial charge < -0.3 is 33.6 Å². The Bertz CT molecular complexity index is 2180. The molecule has 3 heterocycles. The summed E-state index contributed by atoms with van der Waals surface area (Å²) in [6.45, 7) is 15.5. The Morgan fingerprint density at radius 2 is 1.20 bits per heavy atom. The molecule has 0 fully saturated rings. The number of amides is 2. The van der Waals surface area contributed by atoms with E-state index in [1.807, 2.05) is 47.2 Å². The first kappa shape index (κ1) is 45.0. The van der Waals surface area contributed by atoms with Crippen molar-refractivity contribution in [2.24, 2.45) is 0 Å². The van der Waals surface area contributed by atoms with E-state index in [1.165, 1.54) is 24.0 Å². The van der Waals surface area contributed by atoms with Crippen LogP contribution < -0.4 is 9.47 Å². The Hall–Kier alpha value is -6.09. The third-order valence-corrected chi connectivity index (χ3v) is 10.1. The summed E-state index contributed by atoms with van der Waals surface area (Å²) in [6, 6.07) is 18.3. The Morgan fingerprint density at radius 3 is 1.62 bits per heavy atom. The van der Waals surface area contributed by atoms with Crippen LogP contribution in [0.4, 0.5) is 15.3 Å². The second-order valence-corrected chi connectivity index (χ2v) is 17.0. The lowest BCUT2D eigenvalue weighted by molar-refractivity contribution is -0.349. The Labute approximate surface area is 354 Å². The van der Waals surface area contributed by atoms with Crippen LogP contribution in [-0.2, 0) is 54.6 Å². The summed E-state index contributed by atoms with van der Waals surface area (Å²) in [5.41, 5.74) is 4.36. The van der Waals surface area contributed by atoms with E-state index in [9.17, 15) is 24.4 Å². The van der Waals surface area contributed by atoms with Gasteiger partial charge in [0.2, 0.25) is 5.69 Å². The minimum absolute atomic E-state index is 0.269. The SMILES string of the molecule is C=[N+]([O-])c1cccc(COc2ccc3c(c2)CCN(C(=O)OC(C)(C)C)[C@H]3C(=O)OC)c1.COC(=O)[C@H]1c2ccc(OCc3ccsc3)cc2CCN1C(=O)OC(C)(C)C. The Kier molecular flexibility index (Phi) is 14.5. The number of thiophene rings is 1. The van der Waals surface area contributed by atoms with Gasteiger partial charge >= 0.3 is 24.1 Å². The molecule has 6 rings (SSSR count). The van der Waals surface area contributed by atoms with E-state index in [4.69, 9.17) is 28.4 Å². The number of benzene rings is 3. The molecule has 2 amide bonds. The first-order chi connectivity index (χ1) is 28.4. The van der Waals surface area contributed by atoms with Crippen LogP contribution in [-0.4, -0.2) is 83.9 Å². The van der Waals surface area contributed by atoms with E-state index >= 15 is 0 Å². The van der Waals surface area contributed by atoms with Crippen molar-refractivity contribution < 1.29 is 52.3 Å².